The van der Waals surface area contributed by atoms with E-state index >= 15 is 0 Å². The number of nitrogens with zero attached hydrogens (tertiary/aromatic N) is 1. The Balaban J connectivity index is 2.24. The number of benzene rings is 1. The van der Waals surface area contributed by atoms with E-state index in [0.717, 1.165) is 16.3 Å². The van der Waals surface area contributed by atoms with Gasteiger partial charge in [0.2, 0.25) is 0 Å². The van der Waals surface area contributed by atoms with Crippen molar-refractivity contribution in [2.45, 2.75) is 0 Å². The van der Waals surface area contributed by atoms with Crippen LogP contribution < -0.4 is 0 Å². The van der Waals surface area contributed by atoms with Crippen molar-refractivity contribution in [1.29, 1.82) is 0 Å². The molecule has 0 saturated heterocycles. The van der Waals surface area contributed by atoms with Gasteiger partial charge in [-0.3, -0.25) is 0 Å². The summed E-state index contributed by atoms with van der Waals surface area (Å²) in [5, 5.41) is 11.4. The number of hydrogen-bond acceptors (Lipinski definition) is 3. The topological polar surface area (TPSA) is 33.1 Å². The largest absolute Gasteiger partial charge is 0.392 e. The zero-order valence-electron chi connectivity index (χ0n) is 8.43. The van der Waals surface area contributed by atoms with Gasteiger partial charge in [-0.2, -0.15) is 0 Å². The molecule has 1 aromatic heterocycles. The second-order valence-electron chi connectivity index (χ2n) is 3.16. The molecule has 2 nitrogen and oxygen atoms in total. The van der Waals surface area contributed by atoms with Crippen molar-refractivity contribution < 1.29 is 9.50 Å². The lowest BCUT2D eigenvalue weighted by atomic mass is 10.2. The molecule has 82 valence electrons. The molecule has 0 unspecified atom stereocenters. The van der Waals surface area contributed by atoms with Gasteiger partial charge in [0.15, 0.2) is 0 Å². The Morgan fingerprint density at radius 2 is 2.06 bits per heavy atom. The molecule has 0 aliphatic rings. The van der Waals surface area contributed by atoms with Crippen LogP contribution in [0.5, 0.6) is 0 Å². The maximum atomic E-state index is 12.7. The van der Waals surface area contributed by atoms with Crippen LogP contribution in [0.3, 0.4) is 0 Å². The molecule has 1 N–H and O–H groups in total. The van der Waals surface area contributed by atoms with Crippen LogP contribution in [0.1, 0.15) is 5.01 Å². The van der Waals surface area contributed by atoms with Crippen LogP contribution in [0.15, 0.2) is 35.7 Å². The SMILES string of the molecule is OC/C=C/c1nc(-c2ccc(F)cc2)cs1. The average molecular weight is 235 g/mol. The van der Waals surface area contributed by atoms with E-state index in [4.69, 9.17) is 5.11 Å². The molecule has 1 aromatic carbocycles. The molecule has 2 rings (SSSR count). The van der Waals surface area contributed by atoms with E-state index in [1.165, 1.54) is 23.5 Å². The minimum Gasteiger partial charge on any atom is -0.392 e. The summed E-state index contributed by atoms with van der Waals surface area (Å²) in [7, 11) is 0. The highest BCUT2D eigenvalue weighted by atomic mass is 32.1. The van der Waals surface area contributed by atoms with Gasteiger partial charge in [-0.05, 0) is 30.3 Å². The first-order chi connectivity index (χ1) is 7.79. The molecule has 16 heavy (non-hydrogen) atoms. The molecule has 0 saturated carbocycles. The summed E-state index contributed by atoms with van der Waals surface area (Å²) in [4.78, 5) is 4.35. The zero-order valence-corrected chi connectivity index (χ0v) is 9.25. The minimum absolute atomic E-state index is 0.00542. The summed E-state index contributed by atoms with van der Waals surface area (Å²) in [6.07, 6.45) is 3.39. The molecule has 0 atom stereocenters. The van der Waals surface area contributed by atoms with Gasteiger partial charge in [0.25, 0.3) is 0 Å². The van der Waals surface area contributed by atoms with Crippen LogP contribution in [0.25, 0.3) is 17.3 Å². The van der Waals surface area contributed by atoms with Crippen molar-refractivity contribution in [3.8, 4) is 11.3 Å². The summed E-state index contributed by atoms with van der Waals surface area (Å²) < 4.78 is 12.7. The van der Waals surface area contributed by atoms with E-state index in [1.54, 1.807) is 24.3 Å². The monoisotopic (exact) mass is 235 g/mol. The molecule has 0 fully saturated rings. The molecule has 0 bridgehead atoms. The second kappa shape index (κ2) is 5.01. The summed E-state index contributed by atoms with van der Waals surface area (Å²) in [5.74, 6) is -0.251. The molecule has 2 aromatic rings. The predicted molar refractivity (Wildman–Crippen MR) is 63.6 cm³/mol. The number of hydrogen-bond donors (Lipinski definition) is 1. The molecular formula is C12H10FNOS. The van der Waals surface area contributed by atoms with E-state index in [1.807, 2.05) is 5.38 Å². The Bertz CT molecular complexity index is 490. The highest BCUT2D eigenvalue weighted by molar-refractivity contribution is 7.10. The van der Waals surface area contributed by atoms with Crippen molar-refractivity contribution >= 4 is 17.4 Å². The second-order valence-corrected chi connectivity index (χ2v) is 4.05. The highest BCUT2D eigenvalue weighted by Gasteiger charge is 2.02. The maximum Gasteiger partial charge on any atom is 0.123 e. The number of thiazole rings is 1. The molecule has 0 amide bonds. The van der Waals surface area contributed by atoms with Gasteiger partial charge < -0.3 is 5.11 Å². The Morgan fingerprint density at radius 1 is 1.31 bits per heavy atom. The van der Waals surface area contributed by atoms with Crippen LogP contribution in [-0.4, -0.2) is 16.7 Å². The number of rotatable bonds is 3. The van der Waals surface area contributed by atoms with Crippen molar-refractivity contribution in [2.75, 3.05) is 6.61 Å². The zero-order chi connectivity index (χ0) is 11.4. The van der Waals surface area contributed by atoms with Crippen LogP contribution in [-0.2, 0) is 0 Å². The summed E-state index contributed by atoms with van der Waals surface area (Å²) >= 11 is 1.49. The molecule has 0 radical (unpaired) electrons. The van der Waals surface area contributed by atoms with Gasteiger partial charge in [0, 0.05) is 10.9 Å². The Labute approximate surface area is 96.7 Å². The van der Waals surface area contributed by atoms with Crippen LogP contribution in [0, 0.1) is 5.82 Å². The molecule has 0 aliphatic carbocycles. The van der Waals surface area contributed by atoms with Crippen molar-refractivity contribution in [3.05, 3.63) is 46.5 Å². The molecule has 4 heteroatoms. The fraction of sp³-hybridized carbons (Fsp3) is 0.0833. The van der Waals surface area contributed by atoms with E-state index in [0.29, 0.717) is 0 Å². The fourth-order valence-electron chi connectivity index (χ4n) is 1.27. The first kappa shape index (κ1) is 11.0. The third kappa shape index (κ3) is 2.53. The molecule has 1 heterocycles. The van der Waals surface area contributed by atoms with Crippen LogP contribution in [0.2, 0.25) is 0 Å². The Morgan fingerprint density at radius 3 is 2.75 bits per heavy atom. The number of halogens is 1. The third-order valence-corrected chi connectivity index (χ3v) is 2.84. The van der Waals surface area contributed by atoms with Crippen molar-refractivity contribution in [2.24, 2.45) is 0 Å². The average Bonchev–Trinajstić information content (AvgIpc) is 2.76. The normalized spacial score (nSPS) is 11.1. The van der Waals surface area contributed by atoms with Gasteiger partial charge in [0.05, 0.1) is 12.3 Å². The van der Waals surface area contributed by atoms with Gasteiger partial charge in [-0.1, -0.05) is 6.08 Å². The van der Waals surface area contributed by atoms with Crippen molar-refractivity contribution in [1.82, 2.24) is 4.98 Å². The molecular weight excluding hydrogens is 225 g/mol. The van der Waals surface area contributed by atoms with Crippen LogP contribution >= 0.6 is 11.3 Å². The fourth-order valence-corrected chi connectivity index (χ4v) is 2.02. The standard InChI is InChI=1S/C12H10FNOS/c13-10-5-3-9(4-6-10)11-8-16-12(14-11)2-1-7-15/h1-6,8,15H,7H2/b2-1+. The molecule has 0 spiro atoms. The number of aromatic nitrogens is 1. The summed E-state index contributed by atoms with van der Waals surface area (Å²) in [5.41, 5.74) is 1.71. The third-order valence-electron chi connectivity index (χ3n) is 2.03. The Hall–Kier alpha value is -1.52. The summed E-state index contributed by atoms with van der Waals surface area (Å²) in [6.45, 7) is 0.00542. The maximum absolute atomic E-state index is 12.7. The Kier molecular flexibility index (Phi) is 3.44. The quantitative estimate of drug-likeness (QED) is 0.887. The predicted octanol–water partition coefficient (Wildman–Crippen LogP) is 2.95. The number of aliphatic hydroxyl groups is 1. The lowest BCUT2D eigenvalue weighted by Gasteiger charge is -1.94. The smallest absolute Gasteiger partial charge is 0.123 e. The van der Waals surface area contributed by atoms with E-state index < -0.39 is 0 Å². The van der Waals surface area contributed by atoms with Crippen molar-refractivity contribution in [3.63, 3.8) is 0 Å². The van der Waals surface area contributed by atoms with Gasteiger partial charge in [-0.15, -0.1) is 11.3 Å². The lowest BCUT2D eigenvalue weighted by Crippen LogP contribution is -1.79. The van der Waals surface area contributed by atoms with E-state index in [2.05, 4.69) is 4.98 Å². The van der Waals surface area contributed by atoms with E-state index in [-0.39, 0.29) is 12.4 Å². The van der Waals surface area contributed by atoms with Gasteiger partial charge in [0.1, 0.15) is 10.8 Å². The van der Waals surface area contributed by atoms with Gasteiger partial charge in [-0.25, -0.2) is 9.37 Å². The highest BCUT2D eigenvalue weighted by Crippen LogP contribution is 2.22. The minimum atomic E-state index is -0.251. The summed E-state index contributed by atoms with van der Waals surface area (Å²) in [6, 6.07) is 6.23. The first-order valence-electron chi connectivity index (χ1n) is 4.78. The van der Waals surface area contributed by atoms with E-state index in [9.17, 15) is 4.39 Å². The number of aliphatic hydroxyl groups excluding tert-OH is 1. The lowest BCUT2D eigenvalue weighted by molar-refractivity contribution is 0.343. The van der Waals surface area contributed by atoms with Gasteiger partial charge >= 0.3 is 0 Å². The molecule has 0 aliphatic heterocycles. The van der Waals surface area contributed by atoms with Crippen LogP contribution in [0.4, 0.5) is 4.39 Å². The first-order valence-corrected chi connectivity index (χ1v) is 5.66.